The maximum absolute atomic E-state index is 13.9. The average molecular weight is 476 g/mol. The van der Waals surface area contributed by atoms with E-state index in [1.165, 1.54) is 12.1 Å². The molecule has 2 aromatic carbocycles. The molecule has 2 aliphatic heterocycles. The maximum atomic E-state index is 13.9. The van der Waals surface area contributed by atoms with Crippen LogP contribution in [-0.4, -0.2) is 53.9 Å². The number of nitrogens with zero attached hydrogens (tertiary/aromatic N) is 2. The van der Waals surface area contributed by atoms with E-state index in [-0.39, 0.29) is 11.5 Å². The van der Waals surface area contributed by atoms with Crippen LogP contribution in [0.4, 0.5) is 4.39 Å². The van der Waals surface area contributed by atoms with Crippen LogP contribution < -0.4 is 10.4 Å². The monoisotopic (exact) mass is 475 g/mol. The second-order valence-electron chi connectivity index (χ2n) is 9.01. The average Bonchev–Trinajstić information content (AvgIpc) is 3.11. The first-order chi connectivity index (χ1) is 17.0. The van der Waals surface area contributed by atoms with E-state index in [2.05, 4.69) is 22.5 Å². The van der Waals surface area contributed by atoms with Crippen LogP contribution in [0.1, 0.15) is 24.5 Å². The Kier molecular flexibility index (Phi) is 6.70. The Morgan fingerprint density at radius 1 is 1.14 bits per heavy atom. The van der Waals surface area contributed by atoms with Gasteiger partial charge in [-0.1, -0.05) is 18.7 Å². The lowest BCUT2D eigenvalue weighted by molar-refractivity contribution is 0.0369. The SMILES string of the molecule is C=CC1=C(C)/C(=C\c2ccc3c(c2)[nH]c(=O)n3CCCN2CCOCC2)c2ccc(F)cc2OC1. The summed E-state index contributed by atoms with van der Waals surface area (Å²) in [4.78, 5) is 18.1. The fourth-order valence-electron chi connectivity index (χ4n) is 4.81. The minimum atomic E-state index is -0.336. The Labute approximate surface area is 204 Å². The molecule has 3 aromatic rings. The fourth-order valence-corrected chi connectivity index (χ4v) is 4.81. The number of imidazole rings is 1. The third-order valence-corrected chi connectivity index (χ3v) is 6.82. The van der Waals surface area contributed by atoms with E-state index in [0.29, 0.717) is 18.9 Å². The van der Waals surface area contributed by atoms with Crippen LogP contribution in [0.2, 0.25) is 0 Å². The molecule has 1 fully saturated rings. The van der Waals surface area contributed by atoms with Crippen molar-refractivity contribution in [1.29, 1.82) is 0 Å². The van der Waals surface area contributed by atoms with Gasteiger partial charge in [-0.25, -0.2) is 9.18 Å². The van der Waals surface area contributed by atoms with Gasteiger partial charge in [-0.2, -0.15) is 0 Å². The van der Waals surface area contributed by atoms with Gasteiger partial charge >= 0.3 is 5.69 Å². The highest BCUT2D eigenvalue weighted by Gasteiger charge is 2.19. The summed E-state index contributed by atoms with van der Waals surface area (Å²) in [6.45, 7) is 11.3. The zero-order valence-corrected chi connectivity index (χ0v) is 20.0. The van der Waals surface area contributed by atoms with Gasteiger partial charge in [-0.05, 0) is 66.0 Å². The molecule has 0 atom stereocenters. The Balaban J connectivity index is 1.45. The van der Waals surface area contributed by atoms with Gasteiger partial charge in [0.25, 0.3) is 0 Å². The Bertz CT molecular complexity index is 1380. The topological polar surface area (TPSA) is 59.5 Å². The number of ether oxygens (including phenoxy) is 2. The Morgan fingerprint density at radius 3 is 2.77 bits per heavy atom. The number of allylic oxidation sites excluding steroid dienone is 2. The standard InChI is InChI=1S/C28H30FN3O3/c1-3-21-18-35-27-17-22(29)6-7-23(27)24(19(21)2)15-20-5-8-26-25(16-20)30-28(33)32(26)10-4-9-31-11-13-34-14-12-31/h3,5-8,15-17H,1,4,9-14,18H2,2H3,(H,30,33)/b24-15+. The van der Waals surface area contributed by atoms with Gasteiger partial charge in [0.1, 0.15) is 18.2 Å². The second kappa shape index (κ2) is 10.1. The molecule has 1 N–H and O–H groups in total. The summed E-state index contributed by atoms with van der Waals surface area (Å²) in [5.41, 5.74) is 6.28. The summed E-state index contributed by atoms with van der Waals surface area (Å²) >= 11 is 0. The first kappa shape index (κ1) is 23.3. The van der Waals surface area contributed by atoms with Crippen molar-refractivity contribution in [3.8, 4) is 5.75 Å². The molecule has 3 heterocycles. The number of hydrogen-bond donors (Lipinski definition) is 1. The molecule has 0 bridgehead atoms. The van der Waals surface area contributed by atoms with Gasteiger partial charge in [-0.3, -0.25) is 9.47 Å². The lowest BCUT2D eigenvalue weighted by atomic mass is 9.93. The summed E-state index contributed by atoms with van der Waals surface area (Å²) in [7, 11) is 0. The molecular weight excluding hydrogens is 445 g/mol. The highest BCUT2D eigenvalue weighted by molar-refractivity contribution is 5.95. The number of rotatable bonds is 6. The number of aryl methyl sites for hydroxylation is 1. The predicted octanol–water partition coefficient (Wildman–Crippen LogP) is 4.63. The van der Waals surface area contributed by atoms with Crippen molar-refractivity contribution < 1.29 is 13.9 Å². The number of nitrogens with one attached hydrogen (secondary N) is 1. The van der Waals surface area contributed by atoms with Gasteiger partial charge in [0.2, 0.25) is 0 Å². The number of hydrogen-bond acceptors (Lipinski definition) is 4. The Morgan fingerprint density at radius 2 is 1.97 bits per heavy atom. The van der Waals surface area contributed by atoms with Crippen LogP contribution in [0, 0.1) is 5.82 Å². The lowest BCUT2D eigenvalue weighted by Crippen LogP contribution is -2.37. The number of fused-ring (bicyclic) bond motifs is 2. The lowest BCUT2D eigenvalue weighted by Gasteiger charge is -2.26. The van der Waals surface area contributed by atoms with E-state index in [9.17, 15) is 9.18 Å². The molecule has 6 nitrogen and oxygen atoms in total. The summed E-state index contributed by atoms with van der Waals surface area (Å²) < 4.78 is 27.0. The van der Waals surface area contributed by atoms with Gasteiger partial charge < -0.3 is 14.5 Å². The smallest absolute Gasteiger partial charge is 0.326 e. The van der Waals surface area contributed by atoms with E-state index < -0.39 is 0 Å². The van der Waals surface area contributed by atoms with Crippen LogP contribution in [0.15, 0.2) is 65.0 Å². The zero-order chi connectivity index (χ0) is 24.4. The van der Waals surface area contributed by atoms with E-state index in [0.717, 1.165) is 78.1 Å². The molecule has 0 spiro atoms. The van der Waals surface area contributed by atoms with Crippen LogP contribution in [-0.2, 0) is 11.3 Å². The van der Waals surface area contributed by atoms with Crippen LogP contribution >= 0.6 is 0 Å². The molecular formula is C28H30FN3O3. The molecule has 5 rings (SSSR count). The predicted molar refractivity (Wildman–Crippen MR) is 137 cm³/mol. The minimum absolute atomic E-state index is 0.0968. The molecule has 0 saturated carbocycles. The number of aromatic nitrogens is 2. The van der Waals surface area contributed by atoms with Gasteiger partial charge in [0.15, 0.2) is 0 Å². The largest absolute Gasteiger partial charge is 0.488 e. The van der Waals surface area contributed by atoms with Crippen molar-refractivity contribution >= 4 is 22.7 Å². The molecule has 7 heteroatoms. The van der Waals surface area contributed by atoms with Gasteiger partial charge in [-0.15, -0.1) is 0 Å². The fraction of sp³-hybridized carbons (Fsp3) is 0.321. The van der Waals surface area contributed by atoms with Crippen LogP contribution in [0.3, 0.4) is 0 Å². The minimum Gasteiger partial charge on any atom is -0.488 e. The van der Waals surface area contributed by atoms with Crippen LogP contribution in [0.25, 0.3) is 22.7 Å². The molecule has 35 heavy (non-hydrogen) atoms. The molecule has 0 aliphatic carbocycles. The molecule has 182 valence electrons. The van der Waals surface area contributed by atoms with Crippen molar-refractivity contribution in [2.75, 3.05) is 39.5 Å². The van der Waals surface area contributed by atoms with Crippen molar-refractivity contribution in [2.45, 2.75) is 19.9 Å². The highest BCUT2D eigenvalue weighted by Crippen LogP contribution is 2.37. The summed E-state index contributed by atoms with van der Waals surface area (Å²) in [6, 6.07) is 10.6. The molecule has 0 unspecified atom stereocenters. The number of H-pyrrole nitrogens is 1. The number of morpholine rings is 1. The maximum Gasteiger partial charge on any atom is 0.326 e. The van der Waals surface area contributed by atoms with E-state index in [1.54, 1.807) is 12.1 Å². The van der Waals surface area contributed by atoms with Gasteiger partial charge in [0, 0.05) is 37.8 Å². The third kappa shape index (κ3) is 4.88. The molecule has 2 aliphatic rings. The number of halogens is 1. The zero-order valence-electron chi connectivity index (χ0n) is 20.0. The van der Waals surface area contributed by atoms with Crippen molar-refractivity contribution in [3.63, 3.8) is 0 Å². The first-order valence-corrected chi connectivity index (χ1v) is 12.0. The highest BCUT2D eigenvalue weighted by atomic mass is 19.1. The number of aromatic amines is 1. The molecule has 0 radical (unpaired) electrons. The summed E-state index contributed by atoms with van der Waals surface area (Å²) in [5.74, 6) is 0.171. The Hall–Kier alpha value is -3.42. The summed E-state index contributed by atoms with van der Waals surface area (Å²) in [5, 5.41) is 0. The second-order valence-corrected chi connectivity index (χ2v) is 9.01. The third-order valence-electron chi connectivity index (χ3n) is 6.82. The van der Waals surface area contributed by atoms with E-state index in [4.69, 9.17) is 9.47 Å². The van der Waals surface area contributed by atoms with Crippen molar-refractivity contribution in [1.82, 2.24) is 14.5 Å². The quantitative estimate of drug-likeness (QED) is 0.565. The summed E-state index contributed by atoms with van der Waals surface area (Å²) in [6.07, 6.45) is 4.74. The van der Waals surface area contributed by atoms with Crippen LogP contribution in [0.5, 0.6) is 5.75 Å². The van der Waals surface area contributed by atoms with E-state index >= 15 is 0 Å². The molecule has 1 saturated heterocycles. The van der Waals surface area contributed by atoms with Gasteiger partial charge in [0.05, 0.1) is 24.2 Å². The van der Waals surface area contributed by atoms with Crippen molar-refractivity contribution in [3.05, 3.63) is 87.6 Å². The molecule has 1 aromatic heterocycles. The van der Waals surface area contributed by atoms with Crippen molar-refractivity contribution in [2.24, 2.45) is 0 Å². The normalized spacial score (nSPS) is 17.9. The first-order valence-electron chi connectivity index (χ1n) is 12.0. The van der Waals surface area contributed by atoms with E-state index in [1.807, 2.05) is 29.7 Å². The molecule has 0 amide bonds. The number of benzene rings is 2.